The van der Waals surface area contributed by atoms with Crippen LogP contribution in [0.25, 0.3) is 31.1 Å². The Kier molecular flexibility index (Phi) is 4.42. The van der Waals surface area contributed by atoms with E-state index in [0.29, 0.717) is 0 Å². The van der Waals surface area contributed by atoms with Gasteiger partial charge in [0.15, 0.2) is 5.82 Å². The Morgan fingerprint density at radius 3 is 2.42 bits per heavy atom. The van der Waals surface area contributed by atoms with Crippen LogP contribution in [0.1, 0.15) is 40.1 Å². The molecule has 0 unspecified atom stereocenters. The van der Waals surface area contributed by atoms with Crippen molar-refractivity contribution in [3.8, 4) is 10.7 Å². The maximum Gasteiger partial charge on any atom is 0.172 e. The van der Waals surface area contributed by atoms with Crippen molar-refractivity contribution in [2.24, 2.45) is 0 Å². The molecule has 0 N–H and O–H groups in total. The van der Waals surface area contributed by atoms with Crippen LogP contribution in [0.4, 0.5) is 0 Å². The van der Waals surface area contributed by atoms with Gasteiger partial charge in [0.05, 0.1) is 4.88 Å². The van der Waals surface area contributed by atoms with E-state index in [1.54, 1.807) is 29.4 Å². The van der Waals surface area contributed by atoms with Gasteiger partial charge in [-0.2, -0.15) is 0 Å². The van der Waals surface area contributed by atoms with E-state index in [1.165, 1.54) is 63.8 Å². The highest BCUT2D eigenvalue weighted by atomic mass is 32.2. The van der Waals surface area contributed by atoms with Crippen LogP contribution in [-0.2, 0) is 25.7 Å². The molecular formula is C23H18N4S4. The molecule has 0 spiro atoms. The van der Waals surface area contributed by atoms with Gasteiger partial charge in [-0.1, -0.05) is 6.07 Å². The van der Waals surface area contributed by atoms with Gasteiger partial charge < -0.3 is 0 Å². The number of hydrogen-bond donors (Lipinski definition) is 0. The van der Waals surface area contributed by atoms with Crippen LogP contribution < -0.4 is 0 Å². The van der Waals surface area contributed by atoms with Gasteiger partial charge in [-0.15, -0.1) is 34.0 Å². The van der Waals surface area contributed by atoms with Crippen LogP contribution in [0.5, 0.6) is 0 Å². The number of fused-ring (bicyclic) bond motifs is 6. The van der Waals surface area contributed by atoms with E-state index in [9.17, 15) is 0 Å². The van der Waals surface area contributed by atoms with E-state index in [1.807, 2.05) is 22.7 Å². The second-order valence-corrected chi connectivity index (χ2v) is 12.1. The number of nitrogens with zero attached hydrogens (tertiary/aromatic N) is 4. The normalized spacial score (nSPS) is 15.6. The van der Waals surface area contributed by atoms with Crippen molar-refractivity contribution in [3.05, 3.63) is 44.7 Å². The molecule has 0 amide bonds. The summed E-state index contributed by atoms with van der Waals surface area (Å²) in [6.07, 6.45) is 10.1. The molecule has 0 fully saturated rings. The Morgan fingerprint density at radius 1 is 0.774 bits per heavy atom. The maximum atomic E-state index is 5.10. The predicted molar refractivity (Wildman–Crippen MR) is 131 cm³/mol. The minimum absolute atomic E-state index is 0.836. The summed E-state index contributed by atoms with van der Waals surface area (Å²) in [7, 11) is 0. The zero-order valence-electron chi connectivity index (χ0n) is 16.7. The third-order valence-corrected chi connectivity index (χ3v) is 10.4. The zero-order chi connectivity index (χ0) is 20.4. The van der Waals surface area contributed by atoms with Gasteiger partial charge >= 0.3 is 0 Å². The zero-order valence-corrected chi connectivity index (χ0v) is 19.9. The third kappa shape index (κ3) is 2.99. The first-order valence-corrected chi connectivity index (χ1v) is 14.0. The first kappa shape index (κ1) is 18.7. The molecule has 5 aromatic heterocycles. The molecule has 31 heavy (non-hydrogen) atoms. The van der Waals surface area contributed by atoms with Crippen molar-refractivity contribution in [2.75, 3.05) is 0 Å². The number of rotatable bonds is 3. The predicted octanol–water partition coefficient (Wildman–Crippen LogP) is 6.94. The quantitative estimate of drug-likeness (QED) is 0.263. The number of thiophene rings is 3. The summed E-state index contributed by atoms with van der Waals surface area (Å²) in [5, 5.41) is 6.74. The van der Waals surface area contributed by atoms with Crippen LogP contribution in [0.15, 0.2) is 33.9 Å². The highest BCUT2D eigenvalue weighted by Gasteiger charge is 2.25. The Labute approximate surface area is 195 Å². The molecule has 8 heteroatoms. The lowest BCUT2D eigenvalue weighted by atomic mass is 9.97. The molecule has 2 aliphatic rings. The smallest absolute Gasteiger partial charge is 0.172 e. The van der Waals surface area contributed by atoms with E-state index in [0.717, 1.165) is 43.3 Å². The number of aryl methyl sites for hydroxylation is 4. The fraction of sp³-hybridized carbons (Fsp3) is 0.304. The average Bonchev–Trinajstić information content (AvgIpc) is 3.55. The average molecular weight is 479 g/mol. The van der Waals surface area contributed by atoms with E-state index < -0.39 is 0 Å². The Morgan fingerprint density at radius 2 is 1.55 bits per heavy atom. The van der Waals surface area contributed by atoms with Gasteiger partial charge in [0, 0.05) is 20.5 Å². The lowest BCUT2D eigenvalue weighted by Crippen LogP contribution is -1.99. The first-order valence-electron chi connectivity index (χ1n) is 10.6. The monoisotopic (exact) mass is 478 g/mol. The molecule has 5 heterocycles. The number of aromatic nitrogens is 4. The van der Waals surface area contributed by atoms with E-state index in [2.05, 4.69) is 22.5 Å². The molecule has 0 aliphatic heterocycles. The first-order chi connectivity index (χ1) is 15.3. The summed E-state index contributed by atoms with van der Waals surface area (Å²) < 4.78 is 0. The number of hydrogen-bond acceptors (Lipinski definition) is 8. The van der Waals surface area contributed by atoms with Crippen molar-refractivity contribution in [1.29, 1.82) is 0 Å². The standard InChI is InChI=1S/C23H18N4S4/c1-2-7-14-12(5-1)17-20(29-14)24-11-25-21(17)31-23-18-13-6-3-8-15(13)30-22(18)26-19(27-23)16-9-4-10-28-16/h4,9-11H,1-3,5-8H2. The molecule has 4 nitrogen and oxygen atoms in total. The molecular weight excluding hydrogens is 461 g/mol. The van der Waals surface area contributed by atoms with Gasteiger partial charge in [0.1, 0.15) is 26.0 Å². The fourth-order valence-electron chi connectivity index (χ4n) is 4.78. The maximum absolute atomic E-state index is 5.10. The topological polar surface area (TPSA) is 51.6 Å². The third-order valence-electron chi connectivity index (χ3n) is 6.18. The SMILES string of the molecule is c1csc(-c2nc(Sc3ncnc4sc5c(c34)CCCC5)c3c4c(sc3n2)CCC4)c1. The van der Waals surface area contributed by atoms with Gasteiger partial charge in [-0.3, -0.25) is 0 Å². The lowest BCUT2D eigenvalue weighted by Gasteiger charge is -2.12. The minimum Gasteiger partial charge on any atom is -0.229 e. The molecule has 0 radical (unpaired) electrons. The van der Waals surface area contributed by atoms with Crippen molar-refractivity contribution in [2.45, 2.75) is 55.0 Å². The molecule has 7 rings (SSSR count). The summed E-state index contributed by atoms with van der Waals surface area (Å²) in [6.45, 7) is 0. The Bertz CT molecular complexity index is 1450. The van der Waals surface area contributed by atoms with Gasteiger partial charge in [0.25, 0.3) is 0 Å². The van der Waals surface area contributed by atoms with Crippen molar-refractivity contribution < 1.29 is 0 Å². The van der Waals surface area contributed by atoms with Crippen LogP contribution in [0.2, 0.25) is 0 Å². The summed E-state index contributed by atoms with van der Waals surface area (Å²) in [5.74, 6) is 0.836. The summed E-state index contributed by atoms with van der Waals surface area (Å²) in [4.78, 5) is 25.9. The van der Waals surface area contributed by atoms with Crippen LogP contribution in [0, 0.1) is 0 Å². The highest BCUT2D eigenvalue weighted by molar-refractivity contribution is 7.99. The minimum atomic E-state index is 0.836. The van der Waals surface area contributed by atoms with E-state index >= 15 is 0 Å². The van der Waals surface area contributed by atoms with Crippen LogP contribution in [0.3, 0.4) is 0 Å². The lowest BCUT2D eigenvalue weighted by molar-refractivity contribution is 0.699. The molecule has 0 saturated carbocycles. The van der Waals surface area contributed by atoms with Crippen LogP contribution in [-0.4, -0.2) is 19.9 Å². The van der Waals surface area contributed by atoms with Gasteiger partial charge in [-0.05, 0) is 79.3 Å². The van der Waals surface area contributed by atoms with E-state index in [4.69, 9.17) is 15.0 Å². The fourth-order valence-corrected chi connectivity index (χ4v) is 9.12. The highest BCUT2D eigenvalue weighted by Crippen LogP contribution is 2.46. The Balaban J connectivity index is 1.44. The van der Waals surface area contributed by atoms with Gasteiger partial charge in [-0.25, -0.2) is 19.9 Å². The molecule has 2 aliphatic carbocycles. The second-order valence-electron chi connectivity index (χ2n) is 8.04. The molecule has 0 atom stereocenters. The van der Waals surface area contributed by atoms with Crippen molar-refractivity contribution in [3.63, 3.8) is 0 Å². The molecule has 0 bridgehead atoms. The van der Waals surface area contributed by atoms with Crippen LogP contribution >= 0.6 is 45.8 Å². The largest absolute Gasteiger partial charge is 0.229 e. The van der Waals surface area contributed by atoms with Crippen molar-refractivity contribution >= 4 is 66.2 Å². The van der Waals surface area contributed by atoms with Crippen molar-refractivity contribution in [1.82, 2.24) is 19.9 Å². The molecule has 0 aromatic carbocycles. The molecule has 0 saturated heterocycles. The van der Waals surface area contributed by atoms with Gasteiger partial charge in [0.2, 0.25) is 0 Å². The Hall–Kier alpha value is -1.87. The summed E-state index contributed by atoms with van der Waals surface area (Å²) in [5.41, 5.74) is 2.95. The molecule has 154 valence electrons. The molecule has 5 aromatic rings. The van der Waals surface area contributed by atoms with E-state index in [-0.39, 0.29) is 0 Å². The summed E-state index contributed by atoms with van der Waals surface area (Å²) >= 11 is 7.14. The second kappa shape index (κ2) is 7.33. The summed E-state index contributed by atoms with van der Waals surface area (Å²) in [6, 6.07) is 4.18.